The maximum Gasteiger partial charge on any atom is 0.305 e. The lowest BCUT2D eigenvalue weighted by Gasteiger charge is -2.20. The Balaban J connectivity index is 3.42. The highest BCUT2D eigenvalue weighted by atomic mass is 16.5. The first-order valence-electron chi connectivity index (χ1n) is 27.6. The molecule has 0 saturated heterocycles. The van der Waals surface area contributed by atoms with Gasteiger partial charge >= 0.3 is 5.97 Å². The van der Waals surface area contributed by atoms with E-state index < -0.39 is 12.1 Å². The van der Waals surface area contributed by atoms with E-state index in [0.717, 1.165) is 44.9 Å². The second-order valence-electron chi connectivity index (χ2n) is 18.9. The van der Waals surface area contributed by atoms with Gasteiger partial charge in [-0.1, -0.05) is 250 Å². The van der Waals surface area contributed by atoms with Gasteiger partial charge in [-0.05, 0) is 57.8 Å². The van der Waals surface area contributed by atoms with Crippen molar-refractivity contribution >= 4 is 11.9 Å². The Morgan fingerprint density at radius 3 is 1.15 bits per heavy atom. The third-order valence-corrected chi connectivity index (χ3v) is 12.7. The number of hydrogen-bond acceptors (Lipinski definition) is 5. The Bertz CT molecular complexity index is 966. The van der Waals surface area contributed by atoms with Crippen molar-refractivity contribution in [2.45, 2.75) is 309 Å². The summed E-state index contributed by atoms with van der Waals surface area (Å²) in [4.78, 5) is 24.4. The molecule has 2 atom stereocenters. The second kappa shape index (κ2) is 52.0. The van der Waals surface area contributed by atoms with Crippen molar-refractivity contribution in [2.75, 3.05) is 13.2 Å². The van der Waals surface area contributed by atoms with Gasteiger partial charge in [-0.3, -0.25) is 9.59 Å². The first-order chi connectivity index (χ1) is 30.5. The molecule has 0 rings (SSSR count). The fraction of sp³-hybridized carbons (Fsp3) is 0.893. The van der Waals surface area contributed by atoms with Crippen molar-refractivity contribution in [1.82, 2.24) is 5.32 Å². The van der Waals surface area contributed by atoms with Crippen LogP contribution in [0.15, 0.2) is 24.3 Å². The number of amides is 1. The Labute approximate surface area is 386 Å². The monoisotopic (exact) mass is 874 g/mol. The standard InChI is InChI=1S/C56H107NO5/c1-3-5-7-9-11-13-15-30-34-38-42-46-50-56(61)62-51-47-43-39-35-31-27-25-23-21-19-17-16-18-20-22-24-26-29-33-37-41-45-49-55(60)57-53(52-58)54(59)48-44-40-36-32-28-14-12-10-8-6-4-2/h18,20,44,48,53-54,58-59H,3-17,19,21-43,45-47,49-52H2,1-2H3,(H,57,60)/b20-18-,48-44+. The summed E-state index contributed by atoms with van der Waals surface area (Å²) in [5, 5.41) is 23.0. The van der Waals surface area contributed by atoms with Crippen LogP contribution in [0.4, 0.5) is 0 Å². The van der Waals surface area contributed by atoms with E-state index in [1.165, 1.54) is 225 Å². The second-order valence-corrected chi connectivity index (χ2v) is 18.9. The zero-order chi connectivity index (χ0) is 45.1. The topological polar surface area (TPSA) is 95.9 Å². The molecule has 0 aromatic rings. The first-order valence-corrected chi connectivity index (χ1v) is 27.6. The van der Waals surface area contributed by atoms with Crippen molar-refractivity contribution in [3.05, 3.63) is 24.3 Å². The van der Waals surface area contributed by atoms with Crippen LogP contribution in [0.25, 0.3) is 0 Å². The van der Waals surface area contributed by atoms with Crippen LogP contribution in [0.3, 0.4) is 0 Å². The molecule has 2 unspecified atom stereocenters. The average Bonchev–Trinajstić information content (AvgIpc) is 3.27. The SMILES string of the molecule is CCCCCCCCCCC/C=C/C(O)C(CO)NC(=O)CCCCCCCCC/C=C\CCCCCCCCCCCCCOC(=O)CCCCCCCCCCCCCC. The number of esters is 1. The van der Waals surface area contributed by atoms with Gasteiger partial charge in [0.05, 0.1) is 25.4 Å². The van der Waals surface area contributed by atoms with E-state index in [4.69, 9.17) is 4.74 Å². The minimum atomic E-state index is -0.846. The number of rotatable bonds is 51. The van der Waals surface area contributed by atoms with E-state index in [-0.39, 0.29) is 18.5 Å². The molecule has 0 heterocycles. The predicted octanol–water partition coefficient (Wildman–Crippen LogP) is 16.7. The lowest BCUT2D eigenvalue weighted by molar-refractivity contribution is -0.143. The largest absolute Gasteiger partial charge is 0.466 e. The molecule has 62 heavy (non-hydrogen) atoms. The van der Waals surface area contributed by atoms with Crippen LogP contribution in [-0.4, -0.2) is 47.4 Å². The first kappa shape index (κ1) is 60.3. The van der Waals surface area contributed by atoms with Crippen molar-refractivity contribution in [1.29, 1.82) is 0 Å². The molecule has 0 aliphatic rings. The molecule has 366 valence electrons. The van der Waals surface area contributed by atoms with Crippen molar-refractivity contribution in [3.63, 3.8) is 0 Å². The quantitative estimate of drug-likeness (QED) is 0.0321. The van der Waals surface area contributed by atoms with Crippen LogP contribution in [0.2, 0.25) is 0 Å². The van der Waals surface area contributed by atoms with Gasteiger partial charge in [-0.25, -0.2) is 0 Å². The van der Waals surface area contributed by atoms with Crippen LogP contribution in [0.5, 0.6) is 0 Å². The molecule has 1 amide bonds. The van der Waals surface area contributed by atoms with Crippen molar-refractivity contribution < 1.29 is 24.5 Å². The molecule has 3 N–H and O–H groups in total. The van der Waals surface area contributed by atoms with Crippen LogP contribution in [0, 0.1) is 0 Å². The van der Waals surface area contributed by atoms with Crippen LogP contribution in [0.1, 0.15) is 296 Å². The number of carbonyl (C=O) groups is 2. The summed E-state index contributed by atoms with van der Waals surface area (Å²) >= 11 is 0. The van der Waals surface area contributed by atoms with E-state index in [0.29, 0.717) is 19.4 Å². The fourth-order valence-electron chi connectivity index (χ4n) is 8.45. The maximum absolute atomic E-state index is 12.4. The number of carbonyl (C=O) groups excluding carboxylic acids is 2. The summed E-state index contributed by atoms with van der Waals surface area (Å²) in [6.45, 7) is 4.89. The summed E-state index contributed by atoms with van der Waals surface area (Å²) in [5.41, 5.74) is 0. The summed E-state index contributed by atoms with van der Waals surface area (Å²) in [7, 11) is 0. The average molecular weight is 874 g/mol. The number of nitrogens with one attached hydrogen (secondary N) is 1. The van der Waals surface area contributed by atoms with Crippen molar-refractivity contribution in [3.8, 4) is 0 Å². The normalized spacial score (nSPS) is 12.8. The van der Waals surface area contributed by atoms with Gasteiger partial charge in [-0.2, -0.15) is 0 Å². The summed E-state index contributed by atoms with van der Waals surface area (Å²) in [6, 6.07) is -0.631. The number of aliphatic hydroxyl groups excluding tert-OH is 2. The highest BCUT2D eigenvalue weighted by molar-refractivity contribution is 5.76. The smallest absolute Gasteiger partial charge is 0.305 e. The number of aliphatic hydroxyl groups is 2. The molecule has 0 aromatic heterocycles. The van der Waals surface area contributed by atoms with Crippen LogP contribution in [-0.2, 0) is 14.3 Å². The molecule has 6 heteroatoms. The molecule has 0 aliphatic heterocycles. The molecule has 0 spiro atoms. The van der Waals surface area contributed by atoms with Crippen LogP contribution < -0.4 is 5.32 Å². The number of allylic oxidation sites excluding steroid dienone is 3. The van der Waals surface area contributed by atoms with E-state index >= 15 is 0 Å². The minimum Gasteiger partial charge on any atom is -0.466 e. The van der Waals surface area contributed by atoms with E-state index in [9.17, 15) is 19.8 Å². The molecule has 0 radical (unpaired) electrons. The number of hydrogen-bond donors (Lipinski definition) is 3. The lowest BCUT2D eigenvalue weighted by Crippen LogP contribution is -2.45. The third kappa shape index (κ3) is 47.8. The molecular formula is C56H107NO5. The molecule has 6 nitrogen and oxygen atoms in total. The Morgan fingerprint density at radius 2 is 0.758 bits per heavy atom. The predicted molar refractivity (Wildman–Crippen MR) is 269 cm³/mol. The molecule has 0 aromatic carbocycles. The van der Waals surface area contributed by atoms with Gasteiger partial charge in [0, 0.05) is 12.8 Å². The third-order valence-electron chi connectivity index (χ3n) is 12.7. The highest BCUT2D eigenvalue weighted by Crippen LogP contribution is 2.16. The molecule has 0 saturated carbocycles. The van der Waals surface area contributed by atoms with Gasteiger partial charge < -0.3 is 20.3 Å². The Kier molecular flexibility index (Phi) is 50.6. The van der Waals surface area contributed by atoms with Crippen LogP contribution >= 0.6 is 0 Å². The van der Waals surface area contributed by atoms with E-state index in [1.54, 1.807) is 6.08 Å². The Hall–Kier alpha value is -1.66. The van der Waals surface area contributed by atoms with Gasteiger partial charge in [-0.15, -0.1) is 0 Å². The van der Waals surface area contributed by atoms with Gasteiger partial charge in [0.25, 0.3) is 0 Å². The number of ether oxygens (including phenoxy) is 1. The van der Waals surface area contributed by atoms with E-state index in [2.05, 4.69) is 31.3 Å². The zero-order valence-electron chi connectivity index (χ0n) is 41.6. The molecule has 0 aliphatic carbocycles. The summed E-state index contributed by atoms with van der Waals surface area (Å²) in [6.07, 6.45) is 62.0. The molecular weight excluding hydrogens is 767 g/mol. The Morgan fingerprint density at radius 1 is 0.435 bits per heavy atom. The lowest BCUT2D eigenvalue weighted by atomic mass is 10.0. The van der Waals surface area contributed by atoms with E-state index in [1.807, 2.05) is 6.08 Å². The molecule has 0 bridgehead atoms. The molecule has 0 fully saturated rings. The maximum atomic E-state index is 12.4. The van der Waals surface area contributed by atoms with Gasteiger partial charge in [0.15, 0.2) is 0 Å². The highest BCUT2D eigenvalue weighted by Gasteiger charge is 2.18. The van der Waals surface area contributed by atoms with Gasteiger partial charge in [0.1, 0.15) is 0 Å². The van der Waals surface area contributed by atoms with Gasteiger partial charge in [0.2, 0.25) is 5.91 Å². The summed E-state index contributed by atoms with van der Waals surface area (Å²) in [5.74, 6) is -0.0663. The fourth-order valence-corrected chi connectivity index (χ4v) is 8.45. The minimum absolute atomic E-state index is 0.00979. The zero-order valence-corrected chi connectivity index (χ0v) is 41.6. The summed E-state index contributed by atoms with van der Waals surface area (Å²) < 4.78 is 5.46. The number of unbranched alkanes of at least 4 members (excludes halogenated alkanes) is 38. The van der Waals surface area contributed by atoms with Crippen molar-refractivity contribution in [2.24, 2.45) is 0 Å².